The Hall–Kier alpha value is -3.86. The number of furan rings is 1. The molecule has 0 saturated carbocycles. The second-order valence-corrected chi connectivity index (χ2v) is 8.41. The fraction of sp³-hybridized carbons (Fsp3) is 0.320. The minimum Gasteiger partial charge on any atom is -0.497 e. The Morgan fingerprint density at radius 3 is 2.56 bits per heavy atom. The van der Waals surface area contributed by atoms with Gasteiger partial charge >= 0.3 is 12.1 Å². The molecule has 1 N–H and O–H groups in total. The van der Waals surface area contributed by atoms with Crippen LogP contribution in [0, 0.1) is 0 Å². The van der Waals surface area contributed by atoms with Gasteiger partial charge in [-0.25, -0.2) is 14.3 Å². The van der Waals surface area contributed by atoms with Crippen LogP contribution in [-0.2, 0) is 11.3 Å². The number of pyridine rings is 1. The SMILES string of the molecule is COc1cccc(-c2ccc3nc(C4CCN(Cc5ccoc5)CC4)nn3c2)c1.O=C(O)C(F)(F)F. The number of fused-ring (bicyclic) bond motifs is 1. The molecule has 1 fully saturated rings. The van der Waals surface area contributed by atoms with Gasteiger partial charge in [0.15, 0.2) is 11.5 Å². The van der Waals surface area contributed by atoms with Crippen molar-refractivity contribution in [3.05, 3.63) is 72.6 Å². The minimum absolute atomic E-state index is 0.413. The van der Waals surface area contributed by atoms with Gasteiger partial charge in [0.2, 0.25) is 0 Å². The van der Waals surface area contributed by atoms with Gasteiger partial charge in [0.1, 0.15) is 5.75 Å². The summed E-state index contributed by atoms with van der Waals surface area (Å²) >= 11 is 0. The monoisotopic (exact) mass is 502 g/mol. The molecule has 0 unspecified atom stereocenters. The largest absolute Gasteiger partial charge is 0.497 e. The van der Waals surface area contributed by atoms with Crippen molar-refractivity contribution in [3.63, 3.8) is 0 Å². The Balaban J connectivity index is 0.000000384. The summed E-state index contributed by atoms with van der Waals surface area (Å²) in [6.07, 6.45) is 2.70. The molecular weight excluding hydrogens is 477 g/mol. The first-order valence-corrected chi connectivity index (χ1v) is 11.3. The number of halogens is 3. The van der Waals surface area contributed by atoms with E-state index >= 15 is 0 Å². The van der Waals surface area contributed by atoms with Gasteiger partial charge in [-0.05, 0) is 61.8 Å². The number of ether oxygens (including phenoxy) is 1. The number of alkyl halides is 3. The normalized spacial score (nSPS) is 14.9. The number of carboxylic acids is 1. The fourth-order valence-electron chi connectivity index (χ4n) is 4.04. The topological polar surface area (TPSA) is 93.1 Å². The van der Waals surface area contributed by atoms with E-state index in [0.29, 0.717) is 5.92 Å². The molecule has 0 radical (unpaired) electrons. The molecule has 1 aromatic carbocycles. The maximum atomic E-state index is 10.6. The van der Waals surface area contributed by atoms with Crippen LogP contribution in [0.25, 0.3) is 16.8 Å². The number of aromatic nitrogens is 3. The molecule has 11 heteroatoms. The van der Waals surface area contributed by atoms with Crippen LogP contribution < -0.4 is 4.74 Å². The Bertz CT molecular complexity index is 1300. The van der Waals surface area contributed by atoms with Crippen molar-refractivity contribution in [2.45, 2.75) is 31.5 Å². The van der Waals surface area contributed by atoms with E-state index in [1.807, 2.05) is 41.1 Å². The molecule has 1 aliphatic rings. The summed E-state index contributed by atoms with van der Waals surface area (Å²) in [6, 6.07) is 14.2. The standard InChI is InChI=1S/C23H24N4O2.C2HF3O2/c1-28-21-4-2-3-19(13-21)20-5-6-22-24-23(25-27(22)15-20)18-7-10-26(11-8-18)14-17-9-12-29-16-17;3-2(4,5)1(6)7/h2-6,9,12-13,15-16,18H,7-8,10-11,14H2,1H3;(H,6,7). The highest BCUT2D eigenvalue weighted by Crippen LogP contribution is 2.28. The van der Waals surface area contributed by atoms with E-state index in [9.17, 15) is 13.2 Å². The van der Waals surface area contributed by atoms with Gasteiger partial charge in [0, 0.05) is 29.8 Å². The molecule has 0 amide bonds. The molecule has 0 bridgehead atoms. The van der Waals surface area contributed by atoms with E-state index in [1.54, 1.807) is 13.4 Å². The molecule has 0 aliphatic carbocycles. The highest BCUT2D eigenvalue weighted by atomic mass is 19.4. The maximum Gasteiger partial charge on any atom is 0.490 e. The maximum absolute atomic E-state index is 10.6. The summed E-state index contributed by atoms with van der Waals surface area (Å²) in [7, 11) is 1.69. The number of benzene rings is 1. The van der Waals surface area contributed by atoms with Crippen LogP contribution in [0.1, 0.15) is 30.1 Å². The average Bonchev–Trinajstić information content (AvgIpc) is 3.54. The molecule has 36 heavy (non-hydrogen) atoms. The summed E-state index contributed by atoms with van der Waals surface area (Å²) in [5.74, 6) is -0.539. The van der Waals surface area contributed by atoms with Crippen molar-refractivity contribution < 1.29 is 32.2 Å². The highest BCUT2D eigenvalue weighted by Gasteiger charge is 2.38. The summed E-state index contributed by atoms with van der Waals surface area (Å²) in [5, 5.41) is 11.9. The van der Waals surface area contributed by atoms with E-state index in [4.69, 9.17) is 29.1 Å². The van der Waals surface area contributed by atoms with E-state index in [-0.39, 0.29) is 0 Å². The summed E-state index contributed by atoms with van der Waals surface area (Å²) in [6.45, 7) is 3.06. The van der Waals surface area contributed by atoms with Crippen LogP contribution in [0.3, 0.4) is 0 Å². The van der Waals surface area contributed by atoms with Gasteiger partial charge < -0.3 is 14.3 Å². The second-order valence-electron chi connectivity index (χ2n) is 8.41. The number of nitrogens with zero attached hydrogens (tertiary/aromatic N) is 4. The van der Waals surface area contributed by atoms with Crippen molar-refractivity contribution in [1.82, 2.24) is 19.5 Å². The van der Waals surface area contributed by atoms with Crippen molar-refractivity contribution in [2.75, 3.05) is 20.2 Å². The molecule has 5 rings (SSSR count). The molecule has 190 valence electrons. The van der Waals surface area contributed by atoms with Crippen molar-refractivity contribution in [2.24, 2.45) is 0 Å². The minimum atomic E-state index is -5.08. The molecule has 3 aromatic heterocycles. The zero-order valence-corrected chi connectivity index (χ0v) is 19.5. The van der Waals surface area contributed by atoms with Crippen LogP contribution in [0.5, 0.6) is 5.75 Å². The molecule has 8 nitrogen and oxygen atoms in total. The van der Waals surface area contributed by atoms with Crippen molar-refractivity contribution in [1.29, 1.82) is 0 Å². The first kappa shape index (κ1) is 25.2. The van der Waals surface area contributed by atoms with Gasteiger partial charge in [-0.15, -0.1) is 0 Å². The third-order valence-corrected chi connectivity index (χ3v) is 5.93. The Labute approximate surface area is 204 Å². The van der Waals surface area contributed by atoms with Crippen LogP contribution in [0.15, 0.2) is 65.6 Å². The van der Waals surface area contributed by atoms with Gasteiger partial charge in [0.05, 0.1) is 19.6 Å². The van der Waals surface area contributed by atoms with Gasteiger partial charge in [-0.2, -0.15) is 18.3 Å². The smallest absolute Gasteiger partial charge is 0.490 e. The van der Waals surface area contributed by atoms with Gasteiger partial charge in [0.25, 0.3) is 0 Å². The third kappa shape index (κ3) is 6.22. The number of hydrogen-bond donors (Lipinski definition) is 1. The van der Waals surface area contributed by atoms with Gasteiger partial charge in [-0.3, -0.25) is 4.90 Å². The first-order chi connectivity index (χ1) is 17.2. The first-order valence-electron chi connectivity index (χ1n) is 11.3. The Morgan fingerprint density at radius 2 is 1.92 bits per heavy atom. The summed E-state index contributed by atoms with van der Waals surface area (Å²) in [4.78, 5) is 16.2. The number of aliphatic carboxylic acids is 1. The lowest BCUT2D eigenvalue weighted by atomic mass is 9.96. The molecular formula is C25H25F3N4O4. The van der Waals surface area contributed by atoms with Crippen LogP contribution >= 0.6 is 0 Å². The van der Waals surface area contributed by atoms with Gasteiger partial charge in [-0.1, -0.05) is 12.1 Å². The van der Waals surface area contributed by atoms with E-state index < -0.39 is 12.1 Å². The van der Waals surface area contributed by atoms with Crippen molar-refractivity contribution >= 4 is 11.6 Å². The van der Waals surface area contributed by atoms with E-state index in [0.717, 1.165) is 60.8 Å². The zero-order chi connectivity index (χ0) is 25.7. The number of methoxy groups -OCH3 is 1. The number of hydrogen-bond acceptors (Lipinski definition) is 6. The Kier molecular flexibility index (Phi) is 7.58. The number of carboxylic acid groups (broad SMARTS) is 1. The van der Waals surface area contributed by atoms with Crippen LogP contribution in [0.4, 0.5) is 13.2 Å². The molecule has 1 saturated heterocycles. The summed E-state index contributed by atoms with van der Waals surface area (Å²) in [5.41, 5.74) is 4.34. The predicted molar refractivity (Wildman–Crippen MR) is 125 cm³/mol. The highest BCUT2D eigenvalue weighted by molar-refractivity contribution is 5.73. The average molecular weight is 502 g/mol. The zero-order valence-electron chi connectivity index (χ0n) is 19.5. The summed E-state index contributed by atoms with van der Waals surface area (Å²) < 4.78 is 44.2. The van der Waals surface area contributed by atoms with Crippen LogP contribution in [-0.4, -0.2) is 56.9 Å². The molecule has 4 heterocycles. The predicted octanol–water partition coefficient (Wildman–Crippen LogP) is 5.01. The van der Waals surface area contributed by atoms with Crippen LogP contribution in [0.2, 0.25) is 0 Å². The molecule has 0 atom stereocenters. The number of rotatable bonds is 5. The lowest BCUT2D eigenvalue weighted by molar-refractivity contribution is -0.192. The molecule has 1 aliphatic heterocycles. The second kappa shape index (κ2) is 10.8. The van der Waals surface area contributed by atoms with E-state index in [2.05, 4.69) is 23.2 Å². The third-order valence-electron chi connectivity index (χ3n) is 5.93. The lowest BCUT2D eigenvalue weighted by Crippen LogP contribution is -2.32. The number of likely N-dealkylation sites (tertiary alicyclic amines) is 1. The number of carbonyl (C=O) groups is 1. The fourth-order valence-corrected chi connectivity index (χ4v) is 4.04. The quantitative estimate of drug-likeness (QED) is 0.410. The Morgan fingerprint density at radius 1 is 1.17 bits per heavy atom. The molecule has 4 aromatic rings. The van der Waals surface area contributed by atoms with Crippen molar-refractivity contribution in [3.8, 4) is 16.9 Å². The lowest BCUT2D eigenvalue weighted by Gasteiger charge is -2.30. The molecule has 0 spiro atoms. The van der Waals surface area contributed by atoms with E-state index in [1.165, 1.54) is 5.56 Å². The number of piperidine rings is 1.